The fourth-order valence-corrected chi connectivity index (χ4v) is 5.03. The second-order valence-corrected chi connectivity index (χ2v) is 9.33. The van der Waals surface area contributed by atoms with E-state index in [1.165, 1.54) is 22.3 Å². The van der Waals surface area contributed by atoms with Gasteiger partial charge in [-0.3, -0.25) is 0 Å². The third kappa shape index (κ3) is 5.21. The number of nitrogens with zero attached hydrogens (tertiary/aromatic N) is 2. The number of hydrogen-bond acceptors (Lipinski definition) is 2. The van der Waals surface area contributed by atoms with E-state index in [9.17, 15) is 5.26 Å². The highest BCUT2D eigenvalue weighted by atomic mass is 35.5. The summed E-state index contributed by atoms with van der Waals surface area (Å²) in [5, 5.41) is 12.9. The van der Waals surface area contributed by atoms with Crippen LogP contribution in [0.4, 0.5) is 0 Å². The Kier molecular flexibility index (Phi) is 6.72. The number of fused-ring (bicyclic) bond motifs is 1. The minimum absolute atomic E-state index is 0.261. The molecule has 0 unspecified atom stereocenters. The summed E-state index contributed by atoms with van der Waals surface area (Å²) in [6.45, 7) is 2.14. The number of guanidine groups is 1. The maximum absolute atomic E-state index is 9.29. The van der Waals surface area contributed by atoms with Crippen LogP contribution < -0.4 is 11.1 Å². The van der Waals surface area contributed by atoms with Gasteiger partial charge >= 0.3 is 0 Å². The van der Waals surface area contributed by atoms with Gasteiger partial charge < -0.3 is 11.1 Å². The van der Waals surface area contributed by atoms with Crippen LogP contribution in [-0.4, -0.2) is 18.5 Å². The Bertz CT molecular complexity index is 1210. The molecule has 0 radical (unpaired) electrons. The monoisotopic (exact) mass is 456 g/mol. The lowest BCUT2D eigenvalue weighted by atomic mass is 9.82. The zero-order valence-corrected chi connectivity index (χ0v) is 19.9. The molecule has 1 aliphatic rings. The summed E-state index contributed by atoms with van der Waals surface area (Å²) in [5.41, 5.74) is 13.8. The Morgan fingerprint density at radius 2 is 1.76 bits per heavy atom. The molecule has 3 aromatic rings. The summed E-state index contributed by atoms with van der Waals surface area (Å²) in [6, 6.07) is 22.8. The third-order valence-corrected chi connectivity index (χ3v) is 6.89. The summed E-state index contributed by atoms with van der Waals surface area (Å²) in [4.78, 5) is 5.01. The maximum Gasteiger partial charge on any atom is 0.188 e. The van der Waals surface area contributed by atoms with Crippen LogP contribution in [-0.2, 0) is 19.3 Å². The zero-order valence-electron chi connectivity index (χ0n) is 19.2. The molecule has 0 aromatic heterocycles. The van der Waals surface area contributed by atoms with Crippen molar-refractivity contribution in [2.45, 2.75) is 44.6 Å². The van der Waals surface area contributed by atoms with Crippen molar-refractivity contribution in [2.24, 2.45) is 10.7 Å². The molecule has 4 rings (SSSR count). The van der Waals surface area contributed by atoms with Gasteiger partial charge in [0.1, 0.15) is 0 Å². The first kappa shape index (κ1) is 22.9. The predicted molar refractivity (Wildman–Crippen MR) is 137 cm³/mol. The van der Waals surface area contributed by atoms with Crippen molar-refractivity contribution in [2.75, 3.05) is 7.05 Å². The molecule has 0 fully saturated rings. The number of nitrogens with one attached hydrogen (secondary N) is 1. The molecule has 0 amide bonds. The highest BCUT2D eigenvalue weighted by Crippen LogP contribution is 2.35. The number of nitriles is 1. The molecule has 0 aliphatic heterocycles. The van der Waals surface area contributed by atoms with Crippen molar-refractivity contribution in [3.05, 3.63) is 93.5 Å². The molecule has 3 aromatic carbocycles. The van der Waals surface area contributed by atoms with Crippen molar-refractivity contribution in [1.29, 1.82) is 5.26 Å². The van der Waals surface area contributed by atoms with Crippen molar-refractivity contribution < 1.29 is 0 Å². The molecule has 1 aliphatic carbocycles. The SMILES string of the molecule is CN/C(N)=N\C1(Cc2ccc(-c3cc(Cl)cc(C#N)c3)cc2C)CCc2ccccc2CC1. The van der Waals surface area contributed by atoms with Gasteiger partial charge in [0.25, 0.3) is 0 Å². The van der Waals surface area contributed by atoms with Crippen LogP contribution >= 0.6 is 11.6 Å². The average molecular weight is 457 g/mol. The van der Waals surface area contributed by atoms with Gasteiger partial charge in [-0.2, -0.15) is 5.26 Å². The van der Waals surface area contributed by atoms with Crippen LogP contribution in [0.5, 0.6) is 0 Å². The summed E-state index contributed by atoms with van der Waals surface area (Å²) < 4.78 is 0. The second kappa shape index (κ2) is 9.68. The molecule has 0 heterocycles. The van der Waals surface area contributed by atoms with Crippen LogP contribution in [0.3, 0.4) is 0 Å². The van der Waals surface area contributed by atoms with E-state index in [1.807, 2.05) is 19.2 Å². The number of hydrogen-bond donors (Lipinski definition) is 2. The van der Waals surface area contributed by atoms with E-state index in [0.29, 0.717) is 16.5 Å². The zero-order chi connectivity index (χ0) is 23.4. The molecule has 0 saturated heterocycles. The van der Waals surface area contributed by atoms with Gasteiger partial charge in [0.05, 0.1) is 17.2 Å². The normalized spacial score (nSPS) is 15.3. The van der Waals surface area contributed by atoms with Crippen molar-refractivity contribution in [3.63, 3.8) is 0 Å². The molecular weight excluding hydrogens is 428 g/mol. The van der Waals surface area contributed by atoms with E-state index in [-0.39, 0.29) is 5.54 Å². The number of rotatable bonds is 4. The van der Waals surface area contributed by atoms with Crippen LogP contribution in [0.2, 0.25) is 5.02 Å². The number of nitrogens with two attached hydrogens (primary N) is 1. The standard InChI is InChI=1S/C28H29ClN4/c1-19-13-23(25-14-20(18-30)15-26(29)16-25)7-8-24(19)17-28(33-27(31)32-2)11-9-21-5-3-4-6-22(21)10-12-28/h3-8,13-16H,9-12,17H2,1-2H3,(H3,31,32,33). The van der Waals surface area contributed by atoms with Gasteiger partial charge in [0, 0.05) is 12.1 Å². The fourth-order valence-electron chi connectivity index (χ4n) is 4.79. The van der Waals surface area contributed by atoms with Gasteiger partial charge in [-0.25, -0.2) is 4.99 Å². The van der Waals surface area contributed by atoms with Gasteiger partial charge in [0.2, 0.25) is 0 Å². The summed E-state index contributed by atoms with van der Waals surface area (Å²) >= 11 is 6.23. The average Bonchev–Trinajstić information content (AvgIpc) is 3.00. The van der Waals surface area contributed by atoms with Crippen LogP contribution in [0.25, 0.3) is 11.1 Å². The molecule has 5 heteroatoms. The molecule has 3 N–H and O–H groups in total. The number of halogens is 1. The van der Waals surface area contributed by atoms with Gasteiger partial charge in [-0.05, 0) is 90.6 Å². The Labute approximate surface area is 201 Å². The van der Waals surface area contributed by atoms with Crippen molar-refractivity contribution in [3.8, 4) is 17.2 Å². The smallest absolute Gasteiger partial charge is 0.188 e. The lowest BCUT2D eigenvalue weighted by molar-refractivity contribution is 0.373. The molecule has 0 spiro atoms. The largest absolute Gasteiger partial charge is 0.370 e. The first-order valence-electron chi connectivity index (χ1n) is 11.3. The summed E-state index contributed by atoms with van der Waals surface area (Å²) in [6.07, 6.45) is 4.72. The lowest BCUT2D eigenvalue weighted by Crippen LogP contribution is -2.37. The van der Waals surface area contributed by atoms with E-state index in [1.54, 1.807) is 6.07 Å². The van der Waals surface area contributed by atoms with Gasteiger partial charge in [-0.15, -0.1) is 0 Å². The Hall–Kier alpha value is -3.29. The Balaban J connectivity index is 1.66. The van der Waals surface area contributed by atoms with Crippen LogP contribution in [0, 0.1) is 18.3 Å². The van der Waals surface area contributed by atoms with E-state index < -0.39 is 0 Å². The fraction of sp³-hybridized carbons (Fsp3) is 0.286. The quantitative estimate of drug-likeness (QED) is 0.305. The Morgan fingerprint density at radius 1 is 1.06 bits per heavy atom. The second-order valence-electron chi connectivity index (χ2n) is 8.90. The minimum atomic E-state index is -0.261. The van der Waals surface area contributed by atoms with E-state index in [2.05, 4.69) is 60.8 Å². The molecule has 0 bridgehead atoms. The van der Waals surface area contributed by atoms with Crippen LogP contribution in [0.15, 0.2) is 65.7 Å². The van der Waals surface area contributed by atoms with E-state index in [0.717, 1.165) is 43.2 Å². The van der Waals surface area contributed by atoms with E-state index >= 15 is 0 Å². The minimum Gasteiger partial charge on any atom is -0.370 e. The molecule has 0 saturated carbocycles. The first-order valence-corrected chi connectivity index (χ1v) is 11.7. The first-order chi connectivity index (χ1) is 15.9. The lowest BCUT2D eigenvalue weighted by Gasteiger charge is -2.30. The van der Waals surface area contributed by atoms with Crippen molar-refractivity contribution >= 4 is 17.6 Å². The molecule has 168 valence electrons. The summed E-state index contributed by atoms with van der Waals surface area (Å²) in [7, 11) is 1.82. The van der Waals surface area contributed by atoms with Crippen molar-refractivity contribution in [1.82, 2.24) is 5.32 Å². The number of aryl methyl sites for hydroxylation is 3. The van der Waals surface area contributed by atoms with Gasteiger partial charge in [0.15, 0.2) is 5.96 Å². The Morgan fingerprint density at radius 3 is 2.36 bits per heavy atom. The molecule has 33 heavy (non-hydrogen) atoms. The number of benzene rings is 3. The van der Waals surface area contributed by atoms with Gasteiger partial charge in [-0.1, -0.05) is 54.1 Å². The number of aliphatic imine (C=N–C) groups is 1. The molecular formula is C28H29ClN4. The van der Waals surface area contributed by atoms with E-state index in [4.69, 9.17) is 22.3 Å². The topological polar surface area (TPSA) is 74.2 Å². The third-order valence-electron chi connectivity index (χ3n) is 6.67. The molecule has 0 atom stereocenters. The predicted octanol–water partition coefficient (Wildman–Crippen LogP) is 5.58. The van der Waals surface area contributed by atoms with Crippen LogP contribution in [0.1, 0.15) is 40.7 Å². The maximum atomic E-state index is 9.29. The highest BCUT2D eigenvalue weighted by Gasteiger charge is 2.33. The highest BCUT2D eigenvalue weighted by molar-refractivity contribution is 6.31. The summed E-state index contributed by atoms with van der Waals surface area (Å²) in [5.74, 6) is 0.484. The molecule has 4 nitrogen and oxygen atoms in total.